The molecule has 1 unspecified atom stereocenters. The Morgan fingerprint density at radius 2 is 1.80 bits per heavy atom. The average Bonchev–Trinajstić information content (AvgIpc) is 1.81. The van der Waals surface area contributed by atoms with Crippen LogP contribution in [-0.2, 0) is 0 Å². The van der Waals surface area contributed by atoms with E-state index < -0.39 is 0 Å². The molecule has 62 valence electrons. The quantitative estimate of drug-likeness (QED) is 0.637. The Labute approximate surface area is 63.8 Å². The second-order valence-electron chi connectivity index (χ2n) is 3.29. The summed E-state index contributed by atoms with van der Waals surface area (Å²) in [6.07, 6.45) is 0.880. The summed E-state index contributed by atoms with van der Waals surface area (Å²) in [4.78, 5) is 2.17. The first-order valence-electron chi connectivity index (χ1n) is 3.87. The van der Waals surface area contributed by atoms with Gasteiger partial charge >= 0.3 is 0 Å². The molecule has 1 atom stereocenters. The molecule has 0 aromatic heterocycles. The Morgan fingerprint density at radius 1 is 1.30 bits per heavy atom. The topological polar surface area (TPSA) is 23.5 Å². The molecule has 0 heterocycles. The monoisotopic (exact) mass is 145 g/mol. The third-order valence-electron chi connectivity index (χ3n) is 1.86. The van der Waals surface area contributed by atoms with Crippen molar-refractivity contribution in [3.05, 3.63) is 0 Å². The lowest BCUT2D eigenvalue weighted by molar-refractivity contribution is 0.173. The highest BCUT2D eigenvalue weighted by molar-refractivity contribution is 4.68. The molecule has 0 aliphatic carbocycles. The number of rotatable bonds is 4. The van der Waals surface area contributed by atoms with Gasteiger partial charge in [-0.1, -0.05) is 13.8 Å². The summed E-state index contributed by atoms with van der Waals surface area (Å²) in [5.74, 6) is 0.627. The number of hydrogen-bond acceptors (Lipinski definition) is 2. The van der Waals surface area contributed by atoms with Crippen molar-refractivity contribution in [1.29, 1.82) is 0 Å². The summed E-state index contributed by atoms with van der Waals surface area (Å²) in [5.41, 5.74) is 0. The number of aliphatic hydroxyl groups is 1. The molecule has 0 aromatic carbocycles. The van der Waals surface area contributed by atoms with Gasteiger partial charge in [-0.3, -0.25) is 0 Å². The minimum absolute atomic E-state index is 0.293. The minimum atomic E-state index is 0.293. The van der Waals surface area contributed by atoms with Gasteiger partial charge in [0.2, 0.25) is 0 Å². The predicted molar refractivity (Wildman–Crippen MR) is 44.0 cm³/mol. The van der Waals surface area contributed by atoms with Crippen molar-refractivity contribution in [3.8, 4) is 0 Å². The van der Waals surface area contributed by atoms with Crippen LogP contribution >= 0.6 is 0 Å². The van der Waals surface area contributed by atoms with Crippen LogP contribution in [0.4, 0.5) is 0 Å². The van der Waals surface area contributed by atoms with E-state index in [4.69, 9.17) is 5.11 Å². The van der Waals surface area contributed by atoms with Gasteiger partial charge in [0, 0.05) is 12.6 Å². The molecule has 0 spiro atoms. The van der Waals surface area contributed by atoms with Gasteiger partial charge in [-0.25, -0.2) is 0 Å². The zero-order valence-corrected chi connectivity index (χ0v) is 7.46. The molecule has 2 heteroatoms. The Bertz CT molecular complexity index is 73.3. The maximum absolute atomic E-state index is 8.71. The average molecular weight is 145 g/mol. The Balaban J connectivity index is 3.73. The molecule has 0 saturated carbocycles. The second kappa shape index (κ2) is 4.69. The van der Waals surface area contributed by atoms with E-state index in [1.165, 1.54) is 0 Å². The molecule has 10 heavy (non-hydrogen) atoms. The van der Waals surface area contributed by atoms with Gasteiger partial charge in [0.15, 0.2) is 0 Å². The number of hydrogen-bond donors (Lipinski definition) is 1. The van der Waals surface area contributed by atoms with Crippen LogP contribution in [-0.4, -0.2) is 36.8 Å². The molecule has 0 radical (unpaired) electrons. The van der Waals surface area contributed by atoms with Gasteiger partial charge < -0.3 is 10.0 Å². The lowest BCUT2D eigenvalue weighted by Crippen LogP contribution is -2.33. The van der Waals surface area contributed by atoms with Crippen molar-refractivity contribution >= 4 is 0 Å². The summed E-state index contributed by atoms with van der Waals surface area (Å²) in [6, 6.07) is 0.519. The van der Waals surface area contributed by atoms with Crippen LogP contribution < -0.4 is 0 Å². The van der Waals surface area contributed by atoms with Crippen LogP contribution in [0.2, 0.25) is 0 Å². The molecular formula is C8H19NO. The Morgan fingerprint density at radius 3 is 1.90 bits per heavy atom. The van der Waals surface area contributed by atoms with E-state index in [2.05, 4.69) is 32.8 Å². The first-order valence-corrected chi connectivity index (χ1v) is 3.87. The maximum atomic E-state index is 8.71. The highest BCUT2D eigenvalue weighted by Gasteiger charge is 2.13. The van der Waals surface area contributed by atoms with Gasteiger partial charge in [0.1, 0.15) is 0 Å². The Hall–Kier alpha value is -0.0800. The fourth-order valence-electron chi connectivity index (χ4n) is 1.32. The molecule has 0 rings (SSSR count). The summed E-state index contributed by atoms with van der Waals surface area (Å²) in [5, 5.41) is 8.71. The van der Waals surface area contributed by atoms with Gasteiger partial charge in [0.05, 0.1) is 0 Å². The fourth-order valence-corrected chi connectivity index (χ4v) is 1.32. The molecule has 0 aliphatic rings. The summed E-state index contributed by atoms with van der Waals surface area (Å²) in [7, 11) is 4.11. The molecule has 0 aromatic rings. The van der Waals surface area contributed by atoms with Gasteiger partial charge in [-0.15, -0.1) is 0 Å². The van der Waals surface area contributed by atoms with Crippen LogP contribution in [0.5, 0.6) is 0 Å². The Kier molecular flexibility index (Phi) is 4.65. The van der Waals surface area contributed by atoms with E-state index in [-0.39, 0.29) is 0 Å². The molecular weight excluding hydrogens is 126 g/mol. The third-order valence-corrected chi connectivity index (χ3v) is 1.86. The van der Waals surface area contributed by atoms with E-state index in [0.717, 1.165) is 6.42 Å². The van der Waals surface area contributed by atoms with Crippen molar-refractivity contribution < 1.29 is 5.11 Å². The molecule has 0 fully saturated rings. The van der Waals surface area contributed by atoms with Crippen LogP contribution in [0.1, 0.15) is 20.3 Å². The molecule has 0 amide bonds. The summed E-state index contributed by atoms with van der Waals surface area (Å²) >= 11 is 0. The molecule has 0 aliphatic heterocycles. The van der Waals surface area contributed by atoms with Crippen molar-refractivity contribution in [2.45, 2.75) is 26.3 Å². The van der Waals surface area contributed by atoms with Crippen LogP contribution in [0, 0.1) is 5.92 Å². The lowest BCUT2D eigenvalue weighted by Gasteiger charge is -2.26. The number of aliphatic hydroxyl groups excluding tert-OH is 1. The normalized spacial score (nSPS) is 14.7. The summed E-state index contributed by atoms with van der Waals surface area (Å²) in [6.45, 7) is 4.65. The fraction of sp³-hybridized carbons (Fsp3) is 1.00. The molecule has 1 N–H and O–H groups in total. The third kappa shape index (κ3) is 3.18. The zero-order chi connectivity index (χ0) is 8.15. The SMILES string of the molecule is CC(C)C(CCO)N(C)C. The van der Waals surface area contributed by atoms with Crippen molar-refractivity contribution in [3.63, 3.8) is 0 Å². The standard InChI is InChI=1S/C8H19NO/c1-7(2)8(5-6-10)9(3)4/h7-8,10H,5-6H2,1-4H3. The van der Waals surface area contributed by atoms with E-state index in [0.29, 0.717) is 18.6 Å². The first-order chi connectivity index (χ1) is 4.59. The van der Waals surface area contributed by atoms with Gasteiger partial charge in [-0.05, 0) is 26.4 Å². The maximum Gasteiger partial charge on any atom is 0.0446 e. The first kappa shape index (κ1) is 9.92. The number of nitrogens with zero attached hydrogens (tertiary/aromatic N) is 1. The van der Waals surface area contributed by atoms with E-state index in [9.17, 15) is 0 Å². The molecule has 2 nitrogen and oxygen atoms in total. The van der Waals surface area contributed by atoms with E-state index >= 15 is 0 Å². The summed E-state index contributed by atoms with van der Waals surface area (Å²) < 4.78 is 0. The van der Waals surface area contributed by atoms with Crippen LogP contribution in [0.25, 0.3) is 0 Å². The lowest BCUT2D eigenvalue weighted by atomic mass is 10.0. The molecule has 0 bridgehead atoms. The van der Waals surface area contributed by atoms with E-state index in [1.807, 2.05) is 0 Å². The largest absolute Gasteiger partial charge is 0.396 e. The second-order valence-corrected chi connectivity index (χ2v) is 3.29. The van der Waals surface area contributed by atoms with Gasteiger partial charge in [0.25, 0.3) is 0 Å². The van der Waals surface area contributed by atoms with E-state index in [1.54, 1.807) is 0 Å². The smallest absolute Gasteiger partial charge is 0.0446 e. The van der Waals surface area contributed by atoms with Crippen LogP contribution in [0.15, 0.2) is 0 Å². The van der Waals surface area contributed by atoms with Crippen molar-refractivity contribution in [2.75, 3.05) is 20.7 Å². The zero-order valence-electron chi connectivity index (χ0n) is 7.46. The minimum Gasteiger partial charge on any atom is -0.396 e. The van der Waals surface area contributed by atoms with Gasteiger partial charge in [-0.2, -0.15) is 0 Å². The predicted octanol–water partition coefficient (Wildman–Crippen LogP) is 0.955. The molecule has 0 saturated heterocycles. The highest BCUT2D eigenvalue weighted by Crippen LogP contribution is 2.10. The van der Waals surface area contributed by atoms with Crippen molar-refractivity contribution in [2.24, 2.45) is 5.92 Å². The highest BCUT2D eigenvalue weighted by atomic mass is 16.3. The van der Waals surface area contributed by atoms with Crippen molar-refractivity contribution in [1.82, 2.24) is 4.90 Å². The van der Waals surface area contributed by atoms with Crippen LogP contribution in [0.3, 0.4) is 0 Å².